The third-order valence-corrected chi connectivity index (χ3v) is 3.97. The second-order valence-corrected chi connectivity index (χ2v) is 6.28. The minimum atomic E-state index is -0.879. The molecule has 0 spiro atoms. The van der Waals surface area contributed by atoms with E-state index in [1.54, 1.807) is 6.20 Å². The van der Waals surface area contributed by atoms with E-state index in [4.69, 9.17) is 5.11 Å². The van der Waals surface area contributed by atoms with Crippen molar-refractivity contribution in [3.05, 3.63) is 16.6 Å². The Kier molecular flexibility index (Phi) is 7.14. The predicted octanol–water partition coefficient (Wildman–Crippen LogP) is 2.64. The molecule has 0 saturated heterocycles. The Bertz CT molecular complexity index is 448. The number of thiazole rings is 1. The summed E-state index contributed by atoms with van der Waals surface area (Å²) < 4.78 is 0. The Labute approximate surface area is 129 Å². The lowest BCUT2D eigenvalue weighted by Gasteiger charge is -2.18. The zero-order chi connectivity index (χ0) is 15.8. The highest BCUT2D eigenvalue weighted by atomic mass is 32.1. The van der Waals surface area contributed by atoms with Gasteiger partial charge in [0.05, 0.1) is 12.0 Å². The van der Waals surface area contributed by atoms with Gasteiger partial charge in [-0.25, -0.2) is 9.78 Å². The number of carboxylic acids is 1. The predicted molar refractivity (Wildman–Crippen MR) is 82.3 cm³/mol. The summed E-state index contributed by atoms with van der Waals surface area (Å²) in [7, 11) is 0. The van der Waals surface area contributed by atoms with Gasteiger partial charge in [0.1, 0.15) is 5.01 Å². The van der Waals surface area contributed by atoms with Gasteiger partial charge in [-0.3, -0.25) is 4.79 Å². The van der Waals surface area contributed by atoms with Crippen LogP contribution in [0.15, 0.2) is 11.6 Å². The van der Waals surface area contributed by atoms with Gasteiger partial charge >= 0.3 is 12.0 Å². The molecule has 0 aliphatic rings. The summed E-state index contributed by atoms with van der Waals surface area (Å²) in [6.07, 6.45) is 2.97. The Balaban J connectivity index is 2.47. The van der Waals surface area contributed by atoms with Gasteiger partial charge in [0, 0.05) is 18.1 Å². The fraction of sp³-hybridized carbons (Fsp3) is 0.643. The minimum absolute atomic E-state index is 0.133. The average molecular weight is 313 g/mol. The number of urea groups is 1. The summed E-state index contributed by atoms with van der Waals surface area (Å²) in [5, 5.41) is 17.3. The number of aromatic nitrogens is 1. The summed E-state index contributed by atoms with van der Waals surface area (Å²) in [4.78, 5) is 27.2. The van der Waals surface area contributed by atoms with Crippen molar-refractivity contribution in [1.82, 2.24) is 15.6 Å². The van der Waals surface area contributed by atoms with Crippen LogP contribution in [0.1, 0.15) is 44.7 Å². The number of hydrogen-bond donors (Lipinski definition) is 3. The van der Waals surface area contributed by atoms with E-state index in [1.165, 1.54) is 11.3 Å². The first-order valence-electron chi connectivity index (χ1n) is 7.10. The molecule has 3 N–H and O–H groups in total. The summed E-state index contributed by atoms with van der Waals surface area (Å²) >= 11 is 1.49. The van der Waals surface area contributed by atoms with Crippen LogP contribution < -0.4 is 10.6 Å². The Morgan fingerprint density at radius 3 is 2.62 bits per heavy atom. The second kappa shape index (κ2) is 8.61. The molecule has 6 nitrogen and oxygen atoms in total. The summed E-state index contributed by atoms with van der Waals surface area (Å²) in [5.41, 5.74) is 0. The van der Waals surface area contributed by atoms with Gasteiger partial charge in [0.2, 0.25) is 0 Å². The molecule has 7 heteroatoms. The zero-order valence-corrected chi connectivity index (χ0v) is 13.4. The SMILES string of the molecule is CCC(NC(=O)NCC(CC(C)C)C(=O)O)c1nccs1. The van der Waals surface area contributed by atoms with Crippen molar-refractivity contribution >= 4 is 23.3 Å². The largest absolute Gasteiger partial charge is 0.481 e. The van der Waals surface area contributed by atoms with E-state index in [2.05, 4.69) is 15.6 Å². The van der Waals surface area contributed by atoms with Crippen molar-refractivity contribution in [2.45, 2.75) is 39.7 Å². The summed E-state index contributed by atoms with van der Waals surface area (Å²) in [6, 6.07) is -0.495. The number of aliphatic carboxylic acids is 1. The van der Waals surface area contributed by atoms with Gasteiger partial charge in [-0.1, -0.05) is 20.8 Å². The van der Waals surface area contributed by atoms with Gasteiger partial charge in [0.15, 0.2) is 0 Å². The van der Waals surface area contributed by atoms with E-state index in [0.29, 0.717) is 6.42 Å². The molecule has 0 radical (unpaired) electrons. The van der Waals surface area contributed by atoms with Crippen molar-refractivity contribution in [2.75, 3.05) is 6.54 Å². The number of carboxylic acid groups (broad SMARTS) is 1. The van der Waals surface area contributed by atoms with Gasteiger partial charge in [-0.2, -0.15) is 0 Å². The Morgan fingerprint density at radius 1 is 1.43 bits per heavy atom. The molecule has 1 aromatic heterocycles. The maximum Gasteiger partial charge on any atom is 0.315 e. The van der Waals surface area contributed by atoms with Crippen LogP contribution in [-0.2, 0) is 4.79 Å². The fourth-order valence-electron chi connectivity index (χ4n) is 2.01. The van der Waals surface area contributed by atoms with Crippen molar-refractivity contribution in [2.24, 2.45) is 11.8 Å². The molecule has 0 aliphatic carbocycles. The molecule has 0 aliphatic heterocycles. The van der Waals surface area contributed by atoms with E-state index in [1.807, 2.05) is 26.2 Å². The standard InChI is InChI=1S/C14H23N3O3S/c1-4-11(12-15-5-6-21-12)17-14(20)16-8-10(13(18)19)7-9(2)3/h5-6,9-11H,4,7-8H2,1-3H3,(H,18,19)(H2,16,17,20). The molecule has 1 aromatic rings. The molecular weight excluding hydrogens is 290 g/mol. The van der Waals surface area contributed by atoms with E-state index >= 15 is 0 Å². The second-order valence-electron chi connectivity index (χ2n) is 5.35. The number of carbonyl (C=O) groups excluding carboxylic acids is 1. The molecule has 1 rings (SSSR count). The van der Waals surface area contributed by atoms with Crippen LogP contribution in [0.25, 0.3) is 0 Å². The lowest BCUT2D eigenvalue weighted by atomic mass is 9.97. The molecule has 2 amide bonds. The number of carbonyl (C=O) groups is 2. The van der Waals surface area contributed by atoms with Crippen molar-refractivity contribution in [3.8, 4) is 0 Å². The molecule has 2 unspecified atom stereocenters. The van der Waals surface area contributed by atoms with E-state index in [9.17, 15) is 9.59 Å². The summed E-state index contributed by atoms with van der Waals surface area (Å²) in [5.74, 6) is -1.17. The van der Waals surface area contributed by atoms with Crippen molar-refractivity contribution < 1.29 is 14.7 Å². The Hall–Kier alpha value is -1.63. The molecule has 21 heavy (non-hydrogen) atoms. The third kappa shape index (κ3) is 6.12. The van der Waals surface area contributed by atoms with Crippen LogP contribution in [0, 0.1) is 11.8 Å². The first kappa shape index (κ1) is 17.4. The quantitative estimate of drug-likeness (QED) is 0.688. The van der Waals surface area contributed by atoms with Crippen LogP contribution in [0.5, 0.6) is 0 Å². The lowest BCUT2D eigenvalue weighted by Crippen LogP contribution is -2.41. The monoisotopic (exact) mass is 313 g/mol. The molecule has 2 atom stereocenters. The van der Waals surface area contributed by atoms with Crippen LogP contribution in [0.4, 0.5) is 4.79 Å². The topological polar surface area (TPSA) is 91.3 Å². The van der Waals surface area contributed by atoms with Crippen molar-refractivity contribution in [3.63, 3.8) is 0 Å². The highest BCUT2D eigenvalue weighted by Gasteiger charge is 2.21. The number of nitrogens with one attached hydrogen (secondary N) is 2. The zero-order valence-electron chi connectivity index (χ0n) is 12.6. The van der Waals surface area contributed by atoms with Crippen LogP contribution in [0.2, 0.25) is 0 Å². The Morgan fingerprint density at radius 2 is 2.14 bits per heavy atom. The highest BCUT2D eigenvalue weighted by Crippen LogP contribution is 2.18. The van der Waals surface area contributed by atoms with Gasteiger partial charge < -0.3 is 15.7 Å². The fourth-order valence-corrected chi connectivity index (χ4v) is 2.78. The van der Waals surface area contributed by atoms with E-state index in [-0.39, 0.29) is 24.5 Å². The molecule has 1 heterocycles. The number of hydrogen-bond acceptors (Lipinski definition) is 4. The molecule has 0 fully saturated rings. The first-order valence-corrected chi connectivity index (χ1v) is 7.98. The molecule has 0 saturated carbocycles. The third-order valence-electron chi connectivity index (χ3n) is 3.08. The highest BCUT2D eigenvalue weighted by molar-refractivity contribution is 7.09. The maximum absolute atomic E-state index is 11.9. The molecule has 0 aromatic carbocycles. The van der Waals surface area contributed by atoms with Crippen LogP contribution >= 0.6 is 11.3 Å². The maximum atomic E-state index is 11.9. The van der Waals surface area contributed by atoms with Crippen LogP contribution in [0.3, 0.4) is 0 Å². The summed E-state index contributed by atoms with van der Waals surface area (Å²) in [6.45, 7) is 6.02. The van der Waals surface area contributed by atoms with Gasteiger partial charge in [-0.05, 0) is 18.8 Å². The molecule has 118 valence electrons. The van der Waals surface area contributed by atoms with Gasteiger partial charge in [0.25, 0.3) is 0 Å². The van der Waals surface area contributed by atoms with E-state index < -0.39 is 11.9 Å². The normalized spacial score (nSPS) is 13.7. The number of nitrogens with zero attached hydrogens (tertiary/aromatic N) is 1. The average Bonchev–Trinajstić information content (AvgIpc) is 2.93. The number of amides is 2. The van der Waals surface area contributed by atoms with Crippen molar-refractivity contribution in [1.29, 1.82) is 0 Å². The molecule has 0 bridgehead atoms. The van der Waals surface area contributed by atoms with Crippen LogP contribution in [-0.4, -0.2) is 28.6 Å². The molecular formula is C14H23N3O3S. The number of rotatable bonds is 8. The smallest absolute Gasteiger partial charge is 0.315 e. The lowest BCUT2D eigenvalue weighted by molar-refractivity contribution is -0.142. The van der Waals surface area contributed by atoms with E-state index in [0.717, 1.165) is 11.4 Å². The van der Waals surface area contributed by atoms with Gasteiger partial charge in [-0.15, -0.1) is 11.3 Å². The minimum Gasteiger partial charge on any atom is -0.481 e. The first-order chi connectivity index (χ1) is 9.93.